The standard InChI is InChI=1S/C63H48BN.C59H45BFNSi/c1-39-36-58(65(42-20-10-7-11-21-42)43-29-31-49-47-24-15-17-27-54(47)63(4,5)56(49)38-43)60-50-25-13-12-22-45(50)51-34-35-57(52-33-32-44(39)61(60)59(51)52)64(40-18-8-6-9-19-40)41-28-30-48-46-23-14-16-26-53(46)62(2,3)55(48)37-41;1-63(2,3)47-32-30-44(31-33-47)60(59-52(41-20-10-5-11-21-41)38-43(39-54(59)61)40-18-8-4-9-19-40)53-36-35-50-48-26-16-17-27-49(48)58-55(37-29-42-28-34-51(53)57(50)56(42)58)62(45-22-12-6-13-23-45)46-24-14-7-15-25-46/h6-38H,1-5H3;4-39H,1-3H3. The Labute approximate surface area is 750 Å². The molecule has 6 heteroatoms. The van der Waals surface area contributed by atoms with E-state index in [0.29, 0.717) is 5.46 Å². The maximum atomic E-state index is 17.8. The van der Waals surface area contributed by atoms with E-state index in [-0.39, 0.29) is 23.4 Å². The first-order valence-corrected chi connectivity index (χ1v) is 48.6. The second kappa shape index (κ2) is 30.6. The molecule has 0 bridgehead atoms. The van der Waals surface area contributed by atoms with Gasteiger partial charge in [-0.2, -0.15) is 0 Å². The zero-order chi connectivity index (χ0) is 86.4. The number of fused-ring (bicyclic) bond motifs is 12. The molecule has 0 aromatic heterocycles. The van der Waals surface area contributed by atoms with Crippen LogP contribution in [-0.4, -0.2) is 21.5 Å². The van der Waals surface area contributed by atoms with Crippen molar-refractivity contribution in [3.8, 4) is 44.5 Å². The summed E-state index contributed by atoms with van der Waals surface area (Å²) in [5.74, 6) is -0.214. The van der Waals surface area contributed by atoms with E-state index in [2.05, 4.69) is 452 Å². The van der Waals surface area contributed by atoms with Crippen LogP contribution in [0.3, 0.4) is 0 Å². The van der Waals surface area contributed by atoms with Crippen LogP contribution in [0.1, 0.15) is 55.5 Å². The first-order chi connectivity index (χ1) is 62.5. The number of halogens is 1. The van der Waals surface area contributed by atoms with Gasteiger partial charge in [0.2, 0.25) is 13.4 Å². The van der Waals surface area contributed by atoms with Gasteiger partial charge in [0, 0.05) is 55.1 Å². The molecule has 2 nitrogen and oxygen atoms in total. The van der Waals surface area contributed by atoms with Gasteiger partial charge in [0.25, 0.3) is 0 Å². The predicted octanol–water partition coefficient (Wildman–Crippen LogP) is 28.4. The summed E-state index contributed by atoms with van der Waals surface area (Å²) in [7, 11) is -1.63. The molecule has 0 spiro atoms. The highest BCUT2D eigenvalue weighted by Crippen LogP contribution is 2.55. The highest BCUT2D eigenvalue weighted by Gasteiger charge is 2.40. The van der Waals surface area contributed by atoms with Crippen LogP contribution in [0.25, 0.3) is 131 Å². The molecule has 0 N–H and O–H groups in total. The lowest BCUT2D eigenvalue weighted by molar-refractivity contribution is 0.636. The van der Waals surface area contributed by atoms with Gasteiger partial charge < -0.3 is 9.80 Å². The SMILES string of the molecule is C[Si](C)(C)c1ccc(B(c2c(F)cc(-c3ccccc3)cc2-c2ccccc2)c2ccc3c4ccccc4c4c(N(c5ccccc5)c5ccccc5)ccc5ccc2c3c54)cc1.Cc1cc(N(c2ccccc2)c2ccc3c(c2)C(C)(C)c2ccccc2-3)c2c3ccccc3c3ccc(B(c4ccccc4)c4ccc5c(c4)C(C)(C)c4ccccc4-5)c4ccc1c2c43. The highest BCUT2D eigenvalue weighted by atomic mass is 28.3. The predicted molar refractivity (Wildman–Crippen MR) is 553 cm³/mol. The Balaban J connectivity index is 0.000000147. The van der Waals surface area contributed by atoms with Gasteiger partial charge in [0.1, 0.15) is 5.82 Å². The molecule has 0 heterocycles. The van der Waals surface area contributed by atoms with Crippen molar-refractivity contribution < 1.29 is 4.39 Å². The number of para-hydroxylation sites is 3. The normalized spacial score (nSPS) is 13.0. The zero-order valence-corrected chi connectivity index (χ0v) is 74.3. The summed E-state index contributed by atoms with van der Waals surface area (Å²) in [4.78, 5) is 4.92. The van der Waals surface area contributed by atoms with E-state index in [4.69, 9.17) is 0 Å². The minimum atomic E-state index is -1.63. The Morgan fingerprint density at radius 2 is 0.672 bits per heavy atom. The zero-order valence-electron chi connectivity index (χ0n) is 73.3. The van der Waals surface area contributed by atoms with Crippen molar-refractivity contribution in [3.05, 3.63) is 452 Å². The van der Waals surface area contributed by atoms with Gasteiger partial charge in [-0.15, -0.1) is 0 Å². The van der Waals surface area contributed by atoms with Crippen LogP contribution in [0.5, 0.6) is 0 Å². The van der Waals surface area contributed by atoms with Crippen LogP contribution in [0.4, 0.5) is 38.5 Å². The Morgan fingerprint density at radius 1 is 0.258 bits per heavy atom. The largest absolute Gasteiger partial charge is 0.310 e. The Bertz CT molecular complexity index is 8070. The third-order valence-corrected chi connectivity index (χ3v) is 30.5. The molecular formula is C122H93B2FN2Si. The van der Waals surface area contributed by atoms with E-state index in [1.165, 1.54) is 164 Å². The monoisotopic (exact) mass is 1650 g/mol. The molecule has 0 aliphatic heterocycles. The molecule has 608 valence electrons. The van der Waals surface area contributed by atoms with Crippen LogP contribution in [0, 0.1) is 12.7 Å². The molecule has 128 heavy (non-hydrogen) atoms. The number of hydrogen-bond acceptors (Lipinski definition) is 2. The second-order valence-corrected chi connectivity index (χ2v) is 42.5. The van der Waals surface area contributed by atoms with Crippen LogP contribution in [0.2, 0.25) is 19.6 Å². The molecule has 2 aliphatic rings. The summed E-state index contributed by atoms with van der Waals surface area (Å²) >= 11 is 0. The number of anilines is 6. The minimum Gasteiger partial charge on any atom is -0.310 e. The summed E-state index contributed by atoms with van der Waals surface area (Å²) in [6, 6.07) is 153. The molecular weight excluding hydrogens is 1560 g/mol. The van der Waals surface area contributed by atoms with Crippen LogP contribution in [-0.2, 0) is 10.8 Å². The van der Waals surface area contributed by atoms with E-state index < -0.39 is 14.8 Å². The summed E-state index contributed by atoms with van der Waals surface area (Å²) in [6.45, 7) is 18.6. The second-order valence-electron chi connectivity index (χ2n) is 37.4. The molecule has 22 aromatic rings. The number of aryl methyl sites for hydroxylation is 1. The van der Waals surface area contributed by atoms with E-state index in [9.17, 15) is 0 Å². The molecule has 22 aromatic carbocycles. The van der Waals surface area contributed by atoms with Crippen molar-refractivity contribution in [1.82, 2.24) is 0 Å². The van der Waals surface area contributed by atoms with Crippen LogP contribution in [0.15, 0.2) is 419 Å². The van der Waals surface area contributed by atoms with E-state index in [1.807, 2.05) is 24.3 Å². The quantitative estimate of drug-likeness (QED) is 0.0573. The fraction of sp³-hybridized carbons (Fsp3) is 0.0820. The number of nitrogens with zero attached hydrogens (tertiary/aromatic N) is 2. The Kier molecular flexibility index (Phi) is 18.7. The summed E-state index contributed by atoms with van der Waals surface area (Å²) in [5, 5.41) is 21.3. The fourth-order valence-corrected chi connectivity index (χ4v) is 23.5. The Morgan fingerprint density at radius 3 is 1.24 bits per heavy atom. The van der Waals surface area contributed by atoms with E-state index >= 15 is 4.39 Å². The molecule has 0 atom stereocenters. The summed E-state index contributed by atoms with van der Waals surface area (Å²) in [5.41, 5.74) is 29.3. The van der Waals surface area contributed by atoms with Crippen molar-refractivity contribution in [1.29, 1.82) is 0 Å². The Hall–Kier alpha value is -14.7. The number of hydrogen-bond donors (Lipinski definition) is 0. The average Bonchev–Trinajstić information content (AvgIpc) is 1.73. The van der Waals surface area contributed by atoms with Crippen molar-refractivity contribution in [2.75, 3.05) is 9.80 Å². The highest BCUT2D eigenvalue weighted by molar-refractivity contribution is 6.98. The van der Waals surface area contributed by atoms with Gasteiger partial charge in [-0.1, -0.05) is 426 Å². The smallest absolute Gasteiger partial charge is 0.246 e. The van der Waals surface area contributed by atoms with Gasteiger partial charge in [-0.3, -0.25) is 0 Å². The summed E-state index contributed by atoms with van der Waals surface area (Å²) < 4.78 is 17.8. The molecule has 0 unspecified atom stereocenters. The molecule has 0 saturated heterocycles. The van der Waals surface area contributed by atoms with Crippen molar-refractivity contribution in [2.24, 2.45) is 0 Å². The fourth-order valence-electron chi connectivity index (χ4n) is 22.3. The third kappa shape index (κ3) is 12.6. The van der Waals surface area contributed by atoms with Crippen LogP contribution >= 0.6 is 0 Å². The maximum Gasteiger partial charge on any atom is 0.246 e. The van der Waals surface area contributed by atoms with Crippen molar-refractivity contribution >= 4 is 180 Å². The van der Waals surface area contributed by atoms with Gasteiger partial charge in [-0.25, -0.2) is 4.39 Å². The van der Waals surface area contributed by atoms with E-state index in [1.54, 1.807) is 6.07 Å². The first-order valence-electron chi connectivity index (χ1n) is 45.1. The van der Waals surface area contributed by atoms with Gasteiger partial charge in [-0.05, 0) is 222 Å². The average molecular weight is 1660 g/mol. The minimum absolute atomic E-state index is 0.0251. The molecule has 0 fully saturated rings. The van der Waals surface area contributed by atoms with Crippen LogP contribution < -0.4 is 47.8 Å². The number of rotatable bonds is 15. The molecule has 24 rings (SSSR count). The lowest BCUT2D eigenvalue weighted by atomic mass is 9.35. The third-order valence-electron chi connectivity index (χ3n) is 28.4. The summed E-state index contributed by atoms with van der Waals surface area (Å²) in [6.07, 6.45) is 0. The first kappa shape index (κ1) is 78.1. The lowest BCUT2D eigenvalue weighted by Crippen LogP contribution is -2.54. The molecule has 0 amide bonds. The molecule has 0 saturated carbocycles. The van der Waals surface area contributed by atoms with Crippen molar-refractivity contribution in [3.63, 3.8) is 0 Å². The molecule has 0 radical (unpaired) electrons. The van der Waals surface area contributed by atoms with Gasteiger partial charge in [0.05, 0.1) is 19.4 Å². The van der Waals surface area contributed by atoms with Gasteiger partial charge in [0.15, 0.2) is 0 Å². The number of benzene rings is 22. The lowest BCUT2D eigenvalue weighted by Gasteiger charge is -2.31. The van der Waals surface area contributed by atoms with Crippen molar-refractivity contribution in [2.45, 2.75) is 65.1 Å². The van der Waals surface area contributed by atoms with E-state index in [0.717, 1.165) is 61.3 Å². The van der Waals surface area contributed by atoms with Gasteiger partial charge >= 0.3 is 0 Å². The molecule has 2 aliphatic carbocycles. The maximum absolute atomic E-state index is 17.8. The topological polar surface area (TPSA) is 6.48 Å².